The highest BCUT2D eigenvalue weighted by molar-refractivity contribution is 6.01. The number of rotatable bonds is 3. The summed E-state index contributed by atoms with van der Waals surface area (Å²) < 4.78 is 13.3. The van der Waals surface area contributed by atoms with E-state index in [-0.39, 0.29) is 17.5 Å². The Balaban J connectivity index is 2.22. The molecule has 2 rings (SSSR count). The van der Waals surface area contributed by atoms with Crippen LogP contribution >= 0.6 is 0 Å². The summed E-state index contributed by atoms with van der Waals surface area (Å²) in [5.41, 5.74) is -0.463. The van der Waals surface area contributed by atoms with Gasteiger partial charge >= 0.3 is 5.97 Å². The number of carboxylic acid groups (broad SMARTS) is 1. The van der Waals surface area contributed by atoms with E-state index < -0.39 is 17.3 Å². The maximum atomic E-state index is 13.3. The number of halogens is 1. The van der Waals surface area contributed by atoms with Gasteiger partial charge in [0.1, 0.15) is 11.4 Å². The van der Waals surface area contributed by atoms with Gasteiger partial charge in [-0.2, -0.15) is 0 Å². The molecule has 1 fully saturated rings. The molecule has 4 nitrogen and oxygen atoms in total. The first-order valence-electron chi connectivity index (χ1n) is 5.42. The van der Waals surface area contributed by atoms with Gasteiger partial charge in [-0.1, -0.05) is 12.5 Å². The van der Waals surface area contributed by atoms with E-state index in [0.717, 1.165) is 25.3 Å². The normalized spacial score (nSPS) is 15.1. The molecule has 1 amide bonds. The Morgan fingerprint density at radius 1 is 1.35 bits per heavy atom. The van der Waals surface area contributed by atoms with E-state index in [1.807, 2.05) is 0 Å². The largest absolute Gasteiger partial charge is 0.478 e. The van der Waals surface area contributed by atoms with E-state index in [1.165, 1.54) is 12.1 Å². The van der Waals surface area contributed by atoms with Gasteiger partial charge in [-0.3, -0.25) is 4.79 Å². The molecule has 1 aromatic carbocycles. The molecule has 0 saturated heterocycles. The van der Waals surface area contributed by atoms with Crippen LogP contribution in [0, 0.1) is 11.7 Å². The van der Waals surface area contributed by atoms with E-state index in [4.69, 9.17) is 5.11 Å². The van der Waals surface area contributed by atoms with Gasteiger partial charge < -0.3 is 10.4 Å². The first-order chi connectivity index (χ1) is 8.09. The van der Waals surface area contributed by atoms with Crippen LogP contribution in [-0.4, -0.2) is 17.0 Å². The zero-order valence-corrected chi connectivity index (χ0v) is 9.07. The van der Waals surface area contributed by atoms with Crippen molar-refractivity contribution in [1.82, 2.24) is 0 Å². The van der Waals surface area contributed by atoms with Gasteiger partial charge in [-0.25, -0.2) is 9.18 Å². The second-order valence-corrected chi connectivity index (χ2v) is 4.08. The molecule has 0 atom stereocenters. The minimum Gasteiger partial charge on any atom is -0.478 e. The van der Waals surface area contributed by atoms with Gasteiger partial charge in [0.2, 0.25) is 5.91 Å². The lowest BCUT2D eigenvalue weighted by atomic mass is 9.85. The molecule has 0 unspecified atom stereocenters. The molecule has 1 aliphatic rings. The van der Waals surface area contributed by atoms with E-state index in [0.29, 0.717) is 0 Å². The van der Waals surface area contributed by atoms with Crippen molar-refractivity contribution in [3.63, 3.8) is 0 Å². The van der Waals surface area contributed by atoms with Crippen LogP contribution in [0.4, 0.5) is 10.1 Å². The number of aromatic carboxylic acids is 1. The van der Waals surface area contributed by atoms with Crippen molar-refractivity contribution in [1.29, 1.82) is 0 Å². The molecule has 1 saturated carbocycles. The second kappa shape index (κ2) is 4.53. The standard InChI is InChI=1S/C12H12FNO3/c13-8-5-2-6-9(10(8)12(16)17)14-11(15)7-3-1-4-7/h2,5-7H,1,3-4H2,(H,14,15)(H,16,17). The monoisotopic (exact) mass is 237 g/mol. The SMILES string of the molecule is O=C(O)c1c(F)cccc1NC(=O)C1CCC1. The first kappa shape index (κ1) is 11.6. The van der Waals surface area contributed by atoms with Crippen LogP contribution in [-0.2, 0) is 4.79 Å². The van der Waals surface area contributed by atoms with Crippen molar-refractivity contribution in [2.75, 3.05) is 5.32 Å². The summed E-state index contributed by atoms with van der Waals surface area (Å²) in [4.78, 5) is 22.5. The predicted octanol–water partition coefficient (Wildman–Crippen LogP) is 2.26. The Bertz CT molecular complexity index is 469. The number of carbonyl (C=O) groups excluding carboxylic acids is 1. The zero-order valence-electron chi connectivity index (χ0n) is 9.07. The molecular weight excluding hydrogens is 225 g/mol. The lowest BCUT2D eigenvalue weighted by Crippen LogP contribution is -2.28. The lowest BCUT2D eigenvalue weighted by Gasteiger charge is -2.24. The highest BCUT2D eigenvalue weighted by Crippen LogP contribution is 2.28. The molecule has 0 aliphatic heterocycles. The number of nitrogens with one attached hydrogen (secondary N) is 1. The van der Waals surface area contributed by atoms with Crippen LogP contribution < -0.4 is 5.32 Å². The van der Waals surface area contributed by atoms with E-state index in [9.17, 15) is 14.0 Å². The summed E-state index contributed by atoms with van der Waals surface area (Å²) in [5.74, 6) is -2.53. The molecule has 0 bridgehead atoms. The third kappa shape index (κ3) is 2.27. The Labute approximate surface area is 97.4 Å². The summed E-state index contributed by atoms with van der Waals surface area (Å²) >= 11 is 0. The summed E-state index contributed by atoms with van der Waals surface area (Å²) in [5, 5.41) is 11.4. The van der Waals surface area contributed by atoms with Crippen molar-refractivity contribution in [3.05, 3.63) is 29.6 Å². The van der Waals surface area contributed by atoms with Gasteiger partial charge in [0, 0.05) is 5.92 Å². The van der Waals surface area contributed by atoms with Crippen LogP contribution in [0.2, 0.25) is 0 Å². The van der Waals surface area contributed by atoms with Gasteiger partial charge in [0.15, 0.2) is 0 Å². The maximum absolute atomic E-state index is 13.3. The fourth-order valence-corrected chi connectivity index (χ4v) is 1.75. The molecule has 90 valence electrons. The van der Waals surface area contributed by atoms with E-state index >= 15 is 0 Å². The molecular formula is C12H12FNO3. The third-order valence-electron chi connectivity index (χ3n) is 2.96. The topological polar surface area (TPSA) is 66.4 Å². The van der Waals surface area contributed by atoms with Crippen LogP contribution in [0.15, 0.2) is 18.2 Å². The number of anilines is 1. The number of carboxylic acids is 1. The van der Waals surface area contributed by atoms with Crippen LogP contribution in [0.1, 0.15) is 29.6 Å². The number of hydrogen-bond donors (Lipinski definition) is 2. The van der Waals surface area contributed by atoms with Crippen molar-refractivity contribution in [3.8, 4) is 0 Å². The van der Waals surface area contributed by atoms with Gasteiger partial charge in [-0.15, -0.1) is 0 Å². The molecule has 0 heterocycles. The smallest absolute Gasteiger partial charge is 0.340 e. The summed E-state index contributed by atoms with van der Waals surface area (Å²) in [7, 11) is 0. The Kier molecular flexibility index (Phi) is 3.08. The van der Waals surface area contributed by atoms with Crippen molar-refractivity contribution < 1.29 is 19.1 Å². The molecule has 17 heavy (non-hydrogen) atoms. The molecule has 5 heteroatoms. The van der Waals surface area contributed by atoms with Crippen LogP contribution in [0.3, 0.4) is 0 Å². The quantitative estimate of drug-likeness (QED) is 0.847. The predicted molar refractivity (Wildman–Crippen MR) is 59.3 cm³/mol. The van der Waals surface area contributed by atoms with Gasteiger partial charge in [0.05, 0.1) is 5.69 Å². The summed E-state index contributed by atoms with van der Waals surface area (Å²) in [6, 6.07) is 3.82. The minimum absolute atomic E-state index is 0.0226. The number of carbonyl (C=O) groups is 2. The van der Waals surface area contributed by atoms with Crippen LogP contribution in [0.25, 0.3) is 0 Å². The third-order valence-corrected chi connectivity index (χ3v) is 2.96. The lowest BCUT2D eigenvalue weighted by molar-refractivity contribution is -0.122. The highest BCUT2D eigenvalue weighted by Gasteiger charge is 2.26. The first-order valence-corrected chi connectivity index (χ1v) is 5.42. The molecule has 1 aliphatic carbocycles. The second-order valence-electron chi connectivity index (χ2n) is 4.08. The van der Waals surface area contributed by atoms with Gasteiger partial charge in [0.25, 0.3) is 0 Å². The molecule has 0 radical (unpaired) electrons. The van der Waals surface area contributed by atoms with Crippen molar-refractivity contribution >= 4 is 17.6 Å². The molecule has 0 aromatic heterocycles. The summed E-state index contributed by atoms with van der Waals surface area (Å²) in [6.07, 6.45) is 2.63. The average molecular weight is 237 g/mol. The molecule has 0 spiro atoms. The Hall–Kier alpha value is -1.91. The number of hydrogen-bond acceptors (Lipinski definition) is 2. The summed E-state index contributed by atoms with van der Waals surface area (Å²) in [6.45, 7) is 0. The van der Waals surface area contributed by atoms with E-state index in [2.05, 4.69) is 5.32 Å². The fourth-order valence-electron chi connectivity index (χ4n) is 1.75. The molecule has 1 aromatic rings. The van der Waals surface area contributed by atoms with Crippen molar-refractivity contribution in [2.45, 2.75) is 19.3 Å². The Morgan fingerprint density at radius 3 is 2.59 bits per heavy atom. The van der Waals surface area contributed by atoms with E-state index in [1.54, 1.807) is 0 Å². The number of benzene rings is 1. The van der Waals surface area contributed by atoms with Crippen molar-refractivity contribution in [2.24, 2.45) is 5.92 Å². The fraction of sp³-hybridized carbons (Fsp3) is 0.333. The average Bonchev–Trinajstić information content (AvgIpc) is 2.13. The number of amides is 1. The Morgan fingerprint density at radius 2 is 2.06 bits per heavy atom. The zero-order chi connectivity index (χ0) is 12.4. The highest BCUT2D eigenvalue weighted by atomic mass is 19.1. The van der Waals surface area contributed by atoms with Gasteiger partial charge in [-0.05, 0) is 25.0 Å². The maximum Gasteiger partial charge on any atom is 0.340 e. The van der Waals surface area contributed by atoms with Crippen LogP contribution in [0.5, 0.6) is 0 Å². The molecule has 2 N–H and O–H groups in total. The minimum atomic E-state index is -1.38.